The molecule has 1 saturated carbocycles. The zero-order valence-electron chi connectivity index (χ0n) is 12.5. The third kappa shape index (κ3) is 3.71. The minimum Gasteiger partial charge on any atom is -0.311 e. The van der Waals surface area contributed by atoms with Crippen LogP contribution in [0.3, 0.4) is 0 Å². The predicted molar refractivity (Wildman–Crippen MR) is 78.9 cm³/mol. The molecule has 2 rings (SSSR count). The third-order valence-electron chi connectivity index (χ3n) is 5.03. The molecule has 2 unspecified atom stereocenters. The molecular weight excluding hydrogens is 220 g/mol. The molecule has 2 heteroatoms. The third-order valence-corrected chi connectivity index (χ3v) is 5.03. The van der Waals surface area contributed by atoms with E-state index in [1.165, 1.54) is 71.0 Å². The SMILES string of the molecule is CCCCN1CC(CC)NCC1C1CCCCC1. The average molecular weight is 252 g/mol. The quantitative estimate of drug-likeness (QED) is 0.806. The van der Waals surface area contributed by atoms with Crippen LogP contribution in [0, 0.1) is 5.92 Å². The highest BCUT2D eigenvalue weighted by atomic mass is 15.2. The van der Waals surface area contributed by atoms with Gasteiger partial charge in [0.15, 0.2) is 0 Å². The van der Waals surface area contributed by atoms with Gasteiger partial charge in [0, 0.05) is 25.2 Å². The first-order valence-electron chi connectivity index (χ1n) is 8.32. The van der Waals surface area contributed by atoms with Gasteiger partial charge in [0.1, 0.15) is 0 Å². The Morgan fingerprint density at radius 3 is 2.56 bits per heavy atom. The minimum absolute atomic E-state index is 0.738. The summed E-state index contributed by atoms with van der Waals surface area (Å²) in [7, 11) is 0. The second-order valence-corrected chi connectivity index (χ2v) is 6.33. The van der Waals surface area contributed by atoms with Crippen LogP contribution in [-0.2, 0) is 0 Å². The molecule has 1 aliphatic carbocycles. The van der Waals surface area contributed by atoms with Crippen molar-refractivity contribution in [3.05, 3.63) is 0 Å². The molecule has 2 nitrogen and oxygen atoms in total. The van der Waals surface area contributed by atoms with Crippen LogP contribution in [-0.4, -0.2) is 36.6 Å². The van der Waals surface area contributed by atoms with Gasteiger partial charge in [-0.1, -0.05) is 39.5 Å². The van der Waals surface area contributed by atoms with Crippen molar-refractivity contribution >= 4 is 0 Å². The molecule has 1 aliphatic heterocycles. The highest BCUT2D eigenvalue weighted by molar-refractivity contribution is 4.90. The van der Waals surface area contributed by atoms with Gasteiger partial charge < -0.3 is 5.32 Å². The van der Waals surface area contributed by atoms with Crippen LogP contribution in [0.2, 0.25) is 0 Å². The topological polar surface area (TPSA) is 15.3 Å². The van der Waals surface area contributed by atoms with Crippen LogP contribution in [0.1, 0.15) is 65.2 Å². The van der Waals surface area contributed by atoms with Crippen LogP contribution >= 0.6 is 0 Å². The summed E-state index contributed by atoms with van der Waals surface area (Å²) in [6, 6.07) is 1.57. The summed E-state index contributed by atoms with van der Waals surface area (Å²) in [6.07, 6.45) is 11.4. The van der Waals surface area contributed by atoms with E-state index in [9.17, 15) is 0 Å². The maximum absolute atomic E-state index is 3.78. The van der Waals surface area contributed by atoms with Gasteiger partial charge in [0.05, 0.1) is 0 Å². The Bertz CT molecular complexity index is 223. The fourth-order valence-corrected chi connectivity index (χ4v) is 3.78. The number of unbranched alkanes of at least 4 members (excludes halogenated alkanes) is 1. The lowest BCUT2D eigenvalue weighted by molar-refractivity contribution is 0.0698. The van der Waals surface area contributed by atoms with Crippen molar-refractivity contribution in [3.63, 3.8) is 0 Å². The average Bonchev–Trinajstić information content (AvgIpc) is 2.45. The monoisotopic (exact) mass is 252 g/mol. The fraction of sp³-hybridized carbons (Fsp3) is 1.00. The highest BCUT2D eigenvalue weighted by Gasteiger charge is 2.32. The van der Waals surface area contributed by atoms with Gasteiger partial charge in [-0.15, -0.1) is 0 Å². The lowest BCUT2D eigenvalue weighted by Crippen LogP contribution is -2.59. The van der Waals surface area contributed by atoms with Gasteiger partial charge in [-0.2, -0.15) is 0 Å². The van der Waals surface area contributed by atoms with E-state index in [-0.39, 0.29) is 0 Å². The Hall–Kier alpha value is -0.0800. The number of rotatable bonds is 5. The summed E-state index contributed by atoms with van der Waals surface area (Å²) in [6.45, 7) is 8.49. The summed E-state index contributed by atoms with van der Waals surface area (Å²) in [4.78, 5) is 2.82. The summed E-state index contributed by atoms with van der Waals surface area (Å²) in [5.41, 5.74) is 0. The Morgan fingerprint density at radius 1 is 1.11 bits per heavy atom. The number of hydrogen-bond acceptors (Lipinski definition) is 2. The lowest BCUT2D eigenvalue weighted by Gasteiger charge is -2.45. The molecule has 106 valence electrons. The molecule has 0 aromatic carbocycles. The molecule has 2 fully saturated rings. The summed E-state index contributed by atoms with van der Waals surface area (Å²) in [5, 5.41) is 3.78. The first kappa shape index (κ1) is 14.3. The maximum Gasteiger partial charge on any atom is 0.0249 e. The van der Waals surface area contributed by atoms with E-state index in [2.05, 4.69) is 24.1 Å². The number of nitrogens with zero attached hydrogens (tertiary/aromatic N) is 1. The smallest absolute Gasteiger partial charge is 0.0249 e. The van der Waals surface area contributed by atoms with Crippen molar-refractivity contribution in [1.82, 2.24) is 10.2 Å². The van der Waals surface area contributed by atoms with Gasteiger partial charge in [-0.25, -0.2) is 0 Å². The molecular formula is C16H32N2. The van der Waals surface area contributed by atoms with Gasteiger partial charge in [-0.05, 0) is 38.1 Å². The zero-order chi connectivity index (χ0) is 12.8. The fourth-order valence-electron chi connectivity index (χ4n) is 3.78. The standard InChI is InChI=1S/C16H32N2/c1-3-5-11-18-13-15(4-2)17-12-16(18)14-9-7-6-8-10-14/h14-17H,3-13H2,1-2H3. The van der Waals surface area contributed by atoms with Crippen LogP contribution in [0.4, 0.5) is 0 Å². The molecule has 0 amide bonds. The first-order valence-corrected chi connectivity index (χ1v) is 8.32. The Labute approximate surface area is 114 Å². The van der Waals surface area contributed by atoms with E-state index in [0.717, 1.165) is 18.0 Å². The number of hydrogen-bond donors (Lipinski definition) is 1. The molecule has 2 aliphatic rings. The van der Waals surface area contributed by atoms with E-state index in [1.807, 2.05) is 0 Å². The summed E-state index contributed by atoms with van der Waals surface area (Å²) >= 11 is 0. The van der Waals surface area contributed by atoms with Gasteiger partial charge >= 0.3 is 0 Å². The van der Waals surface area contributed by atoms with E-state index in [4.69, 9.17) is 0 Å². The molecule has 0 bridgehead atoms. The van der Waals surface area contributed by atoms with Crippen molar-refractivity contribution in [1.29, 1.82) is 0 Å². The van der Waals surface area contributed by atoms with Crippen molar-refractivity contribution in [2.24, 2.45) is 5.92 Å². The van der Waals surface area contributed by atoms with E-state index in [1.54, 1.807) is 0 Å². The largest absolute Gasteiger partial charge is 0.311 e. The molecule has 2 atom stereocenters. The molecule has 18 heavy (non-hydrogen) atoms. The molecule has 1 saturated heterocycles. The van der Waals surface area contributed by atoms with Crippen LogP contribution in [0.15, 0.2) is 0 Å². The van der Waals surface area contributed by atoms with Gasteiger partial charge in [0.2, 0.25) is 0 Å². The number of piperazine rings is 1. The van der Waals surface area contributed by atoms with Crippen LogP contribution in [0.5, 0.6) is 0 Å². The Balaban J connectivity index is 1.92. The second kappa shape index (κ2) is 7.49. The van der Waals surface area contributed by atoms with Crippen molar-refractivity contribution in [3.8, 4) is 0 Å². The minimum atomic E-state index is 0.738. The summed E-state index contributed by atoms with van der Waals surface area (Å²) in [5.74, 6) is 0.973. The normalized spacial score (nSPS) is 31.7. The van der Waals surface area contributed by atoms with E-state index >= 15 is 0 Å². The Kier molecular flexibility index (Phi) is 5.97. The predicted octanol–water partition coefficient (Wildman–Crippen LogP) is 3.42. The highest BCUT2D eigenvalue weighted by Crippen LogP contribution is 2.30. The summed E-state index contributed by atoms with van der Waals surface area (Å²) < 4.78 is 0. The van der Waals surface area contributed by atoms with Crippen molar-refractivity contribution < 1.29 is 0 Å². The second-order valence-electron chi connectivity index (χ2n) is 6.33. The van der Waals surface area contributed by atoms with Gasteiger partial charge in [0.25, 0.3) is 0 Å². The number of nitrogens with one attached hydrogen (secondary N) is 1. The molecule has 0 spiro atoms. The van der Waals surface area contributed by atoms with Gasteiger partial charge in [-0.3, -0.25) is 4.90 Å². The zero-order valence-corrected chi connectivity index (χ0v) is 12.5. The van der Waals surface area contributed by atoms with Crippen molar-refractivity contribution in [2.75, 3.05) is 19.6 Å². The molecule has 0 radical (unpaired) electrons. The molecule has 1 N–H and O–H groups in total. The molecule has 0 aromatic rings. The van der Waals surface area contributed by atoms with E-state index in [0.29, 0.717) is 0 Å². The molecule has 1 heterocycles. The lowest BCUT2D eigenvalue weighted by atomic mass is 9.82. The van der Waals surface area contributed by atoms with Crippen molar-refractivity contribution in [2.45, 2.75) is 77.3 Å². The van der Waals surface area contributed by atoms with Crippen LogP contribution in [0.25, 0.3) is 0 Å². The maximum atomic E-state index is 3.78. The van der Waals surface area contributed by atoms with Crippen LogP contribution < -0.4 is 5.32 Å². The first-order chi connectivity index (χ1) is 8.85. The van der Waals surface area contributed by atoms with E-state index < -0.39 is 0 Å². The Morgan fingerprint density at radius 2 is 1.89 bits per heavy atom. The molecule has 0 aromatic heterocycles.